The first-order chi connectivity index (χ1) is 9.58. The molecule has 4 nitrogen and oxygen atoms in total. The zero-order valence-electron chi connectivity index (χ0n) is 12.6. The Morgan fingerprint density at radius 1 is 1.30 bits per heavy atom. The Hall–Kier alpha value is -0.970. The van der Waals surface area contributed by atoms with Gasteiger partial charge in [0.25, 0.3) is 0 Å². The molecule has 1 saturated heterocycles. The SMILES string of the molecule is Cc1c(OCCN(C)C)cc(Cl)cc1N1CCNCC1. The first-order valence-corrected chi connectivity index (χ1v) is 7.49. The van der Waals surface area contributed by atoms with E-state index >= 15 is 0 Å². The average Bonchev–Trinajstić information content (AvgIpc) is 2.43. The highest BCUT2D eigenvalue weighted by molar-refractivity contribution is 6.31. The van der Waals surface area contributed by atoms with E-state index in [1.54, 1.807) is 0 Å². The monoisotopic (exact) mass is 297 g/mol. The second-order valence-corrected chi connectivity index (χ2v) is 5.87. The number of halogens is 1. The molecule has 112 valence electrons. The van der Waals surface area contributed by atoms with E-state index in [1.807, 2.05) is 26.2 Å². The molecule has 1 aliphatic rings. The van der Waals surface area contributed by atoms with Gasteiger partial charge in [-0.3, -0.25) is 0 Å². The van der Waals surface area contributed by atoms with E-state index in [1.165, 1.54) is 11.3 Å². The molecule has 5 heteroatoms. The molecule has 0 spiro atoms. The number of benzene rings is 1. The molecular weight excluding hydrogens is 274 g/mol. The van der Waals surface area contributed by atoms with E-state index in [2.05, 4.69) is 22.0 Å². The zero-order chi connectivity index (χ0) is 14.5. The summed E-state index contributed by atoms with van der Waals surface area (Å²) >= 11 is 6.25. The van der Waals surface area contributed by atoms with Crippen LogP contribution in [0.3, 0.4) is 0 Å². The maximum absolute atomic E-state index is 6.25. The molecule has 1 aliphatic heterocycles. The van der Waals surface area contributed by atoms with Crippen molar-refractivity contribution in [1.82, 2.24) is 10.2 Å². The molecule has 1 heterocycles. The van der Waals surface area contributed by atoms with Crippen LogP contribution in [0.4, 0.5) is 5.69 Å². The van der Waals surface area contributed by atoms with Crippen LogP contribution in [0.25, 0.3) is 0 Å². The van der Waals surface area contributed by atoms with Crippen molar-refractivity contribution in [1.29, 1.82) is 0 Å². The molecule has 20 heavy (non-hydrogen) atoms. The minimum Gasteiger partial charge on any atom is -0.492 e. The van der Waals surface area contributed by atoms with Gasteiger partial charge >= 0.3 is 0 Å². The van der Waals surface area contributed by atoms with Crippen molar-refractivity contribution in [2.45, 2.75) is 6.92 Å². The number of nitrogens with one attached hydrogen (secondary N) is 1. The van der Waals surface area contributed by atoms with Crippen LogP contribution in [0.2, 0.25) is 5.02 Å². The third kappa shape index (κ3) is 4.01. The molecule has 0 amide bonds. The lowest BCUT2D eigenvalue weighted by Crippen LogP contribution is -2.43. The normalized spacial score (nSPS) is 15.8. The Labute approximate surface area is 126 Å². The maximum atomic E-state index is 6.25. The Balaban J connectivity index is 2.13. The molecule has 0 aliphatic carbocycles. The first-order valence-electron chi connectivity index (χ1n) is 7.11. The molecular formula is C15H24ClN3O. The van der Waals surface area contributed by atoms with Crippen molar-refractivity contribution < 1.29 is 4.74 Å². The number of rotatable bonds is 5. The van der Waals surface area contributed by atoms with Crippen molar-refractivity contribution in [3.05, 3.63) is 22.7 Å². The molecule has 1 N–H and O–H groups in total. The highest BCUT2D eigenvalue weighted by Gasteiger charge is 2.16. The minimum atomic E-state index is 0.676. The summed E-state index contributed by atoms with van der Waals surface area (Å²) in [6.07, 6.45) is 0. The van der Waals surface area contributed by atoms with E-state index in [4.69, 9.17) is 16.3 Å². The largest absolute Gasteiger partial charge is 0.492 e. The highest BCUT2D eigenvalue weighted by Crippen LogP contribution is 2.33. The second-order valence-electron chi connectivity index (χ2n) is 5.44. The van der Waals surface area contributed by atoms with Crippen LogP contribution in [0.5, 0.6) is 5.75 Å². The second kappa shape index (κ2) is 7.16. The van der Waals surface area contributed by atoms with Crippen LogP contribution in [-0.4, -0.2) is 58.3 Å². The number of nitrogens with zero attached hydrogens (tertiary/aromatic N) is 2. The summed E-state index contributed by atoms with van der Waals surface area (Å²) in [4.78, 5) is 4.48. The van der Waals surface area contributed by atoms with Gasteiger partial charge in [-0.25, -0.2) is 0 Å². The third-order valence-electron chi connectivity index (χ3n) is 3.55. The van der Waals surface area contributed by atoms with Crippen molar-refractivity contribution in [3.63, 3.8) is 0 Å². The molecule has 1 aromatic carbocycles. The van der Waals surface area contributed by atoms with Gasteiger partial charge in [-0.2, -0.15) is 0 Å². The van der Waals surface area contributed by atoms with Gasteiger partial charge in [-0.15, -0.1) is 0 Å². The molecule has 0 atom stereocenters. The average molecular weight is 298 g/mol. The Morgan fingerprint density at radius 3 is 2.65 bits per heavy atom. The van der Waals surface area contributed by atoms with Crippen molar-refractivity contribution >= 4 is 17.3 Å². The number of piperazine rings is 1. The first kappa shape index (κ1) is 15.4. The Morgan fingerprint density at radius 2 is 2.00 bits per heavy atom. The molecule has 0 unspecified atom stereocenters. The lowest BCUT2D eigenvalue weighted by atomic mass is 10.1. The van der Waals surface area contributed by atoms with Crippen LogP contribution < -0.4 is 15.0 Å². The van der Waals surface area contributed by atoms with E-state index in [9.17, 15) is 0 Å². The van der Waals surface area contributed by atoms with Crippen LogP contribution in [0.15, 0.2) is 12.1 Å². The van der Waals surface area contributed by atoms with Crippen LogP contribution in [0.1, 0.15) is 5.56 Å². The fourth-order valence-corrected chi connectivity index (χ4v) is 2.56. The van der Waals surface area contributed by atoms with Crippen LogP contribution >= 0.6 is 11.6 Å². The summed E-state index contributed by atoms with van der Waals surface area (Å²) in [6, 6.07) is 3.96. The molecule has 1 fully saturated rings. The minimum absolute atomic E-state index is 0.676. The van der Waals surface area contributed by atoms with Crippen LogP contribution in [-0.2, 0) is 0 Å². The van der Waals surface area contributed by atoms with Gasteiger partial charge in [0.2, 0.25) is 0 Å². The topological polar surface area (TPSA) is 27.7 Å². The number of hydrogen-bond acceptors (Lipinski definition) is 4. The standard InChI is InChI=1S/C15H24ClN3O/c1-12-14(19-6-4-17-5-7-19)10-13(16)11-15(12)20-9-8-18(2)3/h10-11,17H,4-9H2,1-3H3. The van der Waals surface area contributed by atoms with E-state index in [0.29, 0.717) is 6.61 Å². The predicted molar refractivity (Wildman–Crippen MR) is 85.3 cm³/mol. The third-order valence-corrected chi connectivity index (χ3v) is 3.77. The van der Waals surface area contributed by atoms with Crippen molar-refractivity contribution in [2.75, 3.05) is 58.3 Å². The maximum Gasteiger partial charge on any atom is 0.125 e. The Kier molecular flexibility index (Phi) is 5.52. The fraction of sp³-hybridized carbons (Fsp3) is 0.600. The van der Waals surface area contributed by atoms with Gasteiger partial charge in [-0.1, -0.05) is 11.6 Å². The number of hydrogen-bond donors (Lipinski definition) is 1. The number of likely N-dealkylation sites (N-methyl/N-ethyl adjacent to an activating group) is 1. The van der Waals surface area contributed by atoms with Crippen molar-refractivity contribution in [2.24, 2.45) is 0 Å². The summed E-state index contributed by atoms with van der Waals surface area (Å²) in [5.74, 6) is 0.896. The van der Waals surface area contributed by atoms with Crippen molar-refractivity contribution in [3.8, 4) is 5.75 Å². The molecule has 0 radical (unpaired) electrons. The number of anilines is 1. The highest BCUT2D eigenvalue weighted by atomic mass is 35.5. The summed E-state index contributed by atoms with van der Waals surface area (Å²) in [5.41, 5.74) is 2.37. The zero-order valence-corrected chi connectivity index (χ0v) is 13.3. The number of ether oxygens (including phenoxy) is 1. The quantitative estimate of drug-likeness (QED) is 0.900. The van der Waals surface area contributed by atoms with Gasteiger partial charge in [0.1, 0.15) is 12.4 Å². The fourth-order valence-electron chi connectivity index (χ4n) is 2.36. The predicted octanol–water partition coefficient (Wildman–Crippen LogP) is 2.00. The van der Waals surface area contributed by atoms with Gasteiger partial charge in [0.15, 0.2) is 0 Å². The van der Waals surface area contributed by atoms with Gasteiger partial charge < -0.3 is 19.9 Å². The van der Waals surface area contributed by atoms with Gasteiger partial charge in [-0.05, 0) is 33.2 Å². The molecule has 1 aromatic rings. The lowest BCUT2D eigenvalue weighted by Gasteiger charge is -2.31. The molecule has 0 bridgehead atoms. The smallest absolute Gasteiger partial charge is 0.125 e. The summed E-state index contributed by atoms with van der Waals surface area (Å²) in [7, 11) is 4.08. The van der Waals surface area contributed by atoms with E-state index in [-0.39, 0.29) is 0 Å². The summed E-state index contributed by atoms with van der Waals surface area (Å²) in [6.45, 7) is 7.74. The summed E-state index contributed by atoms with van der Waals surface area (Å²) in [5, 5.41) is 4.11. The van der Waals surface area contributed by atoms with Crippen LogP contribution in [0, 0.1) is 6.92 Å². The lowest BCUT2D eigenvalue weighted by molar-refractivity contribution is 0.260. The Bertz CT molecular complexity index is 445. The molecule has 2 rings (SSSR count). The molecule has 0 aromatic heterocycles. The molecule has 0 saturated carbocycles. The van der Waals surface area contributed by atoms with Gasteiger partial charge in [0, 0.05) is 49.0 Å². The van der Waals surface area contributed by atoms with E-state index in [0.717, 1.165) is 43.5 Å². The summed E-state index contributed by atoms with van der Waals surface area (Å²) < 4.78 is 5.89. The van der Waals surface area contributed by atoms with E-state index < -0.39 is 0 Å². The van der Waals surface area contributed by atoms with Gasteiger partial charge in [0.05, 0.1) is 0 Å².